The third-order valence-corrected chi connectivity index (χ3v) is 4.73. The molecule has 110 valence electrons. The molecule has 1 heterocycles. The van der Waals surface area contributed by atoms with Gasteiger partial charge in [-0.05, 0) is 12.3 Å². The van der Waals surface area contributed by atoms with Crippen molar-refractivity contribution in [3.8, 4) is 0 Å². The maximum absolute atomic E-state index is 12.0. The predicted octanol–water partition coefficient (Wildman–Crippen LogP) is 1.26. The van der Waals surface area contributed by atoms with Crippen molar-refractivity contribution in [2.24, 2.45) is 5.92 Å². The topological polar surface area (TPSA) is 96.2 Å². The third-order valence-electron chi connectivity index (χ3n) is 3.60. The molecular formula is C13H20N4O2S. The van der Waals surface area contributed by atoms with Gasteiger partial charge in [-0.3, -0.25) is 9.59 Å². The first-order valence-corrected chi connectivity index (χ1v) is 7.48. The minimum Gasteiger partial charge on any atom is -0.397 e. The van der Waals surface area contributed by atoms with E-state index in [9.17, 15) is 9.59 Å². The summed E-state index contributed by atoms with van der Waals surface area (Å²) in [7, 11) is 3.09. The van der Waals surface area contributed by atoms with Crippen molar-refractivity contribution in [2.75, 3.05) is 25.1 Å². The normalized spacial score (nSPS) is 20.4. The van der Waals surface area contributed by atoms with Crippen molar-refractivity contribution in [1.82, 2.24) is 10.6 Å². The number of hydrogen-bond acceptors (Lipinski definition) is 5. The maximum Gasteiger partial charge on any atom is 0.263 e. The predicted molar refractivity (Wildman–Crippen MR) is 81.3 cm³/mol. The van der Waals surface area contributed by atoms with Gasteiger partial charge in [0.15, 0.2) is 0 Å². The van der Waals surface area contributed by atoms with Gasteiger partial charge in [-0.2, -0.15) is 0 Å². The van der Waals surface area contributed by atoms with Crippen molar-refractivity contribution < 1.29 is 9.59 Å². The van der Waals surface area contributed by atoms with Crippen molar-refractivity contribution in [3.05, 3.63) is 10.4 Å². The van der Waals surface area contributed by atoms with Crippen LogP contribution in [0, 0.1) is 5.92 Å². The van der Waals surface area contributed by atoms with E-state index in [0.717, 1.165) is 12.8 Å². The minimum atomic E-state index is -0.273. The zero-order valence-electron chi connectivity index (χ0n) is 11.9. The summed E-state index contributed by atoms with van der Waals surface area (Å²) in [5.41, 5.74) is 6.58. The smallest absolute Gasteiger partial charge is 0.263 e. The number of thiophene rings is 1. The van der Waals surface area contributed by atoms with E-state index in [-0.39, 0.29) is 17.5 Å². The lowest BCUT2D eigenvalue weighted by Crippen LogP contribution is -2.22. The molecule has 0 bridgehead atoms. The largest absolute Gasteiger partial charge is 0.397 e. The van der Waals surface area contributed by atoms with Crippen LogP contribution in [0.2, 0.25) is 0 Å². The highest BCUT2D eigenvalue weighted by Gasteiger charge is 2.37. The number of nitrogen functional groups attached to an aromatic ring is 1. The quantitative estimate of drug-likeness (QED) is 0.657. The fraction of sp³-hybridized carbons (Fsp3) is 0.538. The zero-order chi connectivity index (χ0) is 14.9. The molecule has 6 nitrogen and oxygen atoms in total. The highest BCUT2D eigenvalue weighted by Crippen LogP contribution is 2.42. The summed E-state index contributed by atoms with van der Waals surface area (Å²) in [6.45, 7) is 2.14. The van der Waals surface area contributed by atoms with Crippen molar-refractivity contribution in [1.29, 1.82) is 0 Å². The van der Waals surface area contributed by atoms with E-state index in [0.29, 0.717) is 27.4 Å². The summed E-state index contributed by atoms with van der Waals surface area (Å²) in [4.78, 5) is 24.1. The molecule has 2 unspecified atom stereocenters. The number of carbonyl (C=O) groups is 2. The highest BCUT2D eigenvalue weighted by molar-refractivity contribution is 7.19. The second-order valence-corrected chi connectivity index (χ2v) is 5.88. The van der Waals surface area contributed by atoms with Gasteiger partial charge in [0.1, 0.15) is 9.88 Å². The molecular weight excluding hydrogens is 276 g/mol. The highest BCUT2D eigenvalue weighted by atomic mass is 32.1. The second kappa shape index (κ2) is 5.70. The molecule has 2 rings (SSSR count). The summed E-state index contributed by atoms with van der Waals surface area (Å²) in [5, 5.41) is 9.13. The summed E-state index contributed by atoms with van der Waals surface area (Å²) in [6.07, 6.45) is 2.20. The second-order valence-electron chi connectivity index (χ2n) is 4.86. The van der Waals surface area contributed by atoms with E-state index in [1.54, 1.807) is 14.1 Å². The van der Waals surface area contributed by atoms with Gasteiger partial charge >= 0.3 is 0 Å². The molecule has 7 heteroatoms. The monoisotopic (exact) mass is 296 g/mol. The van der Waals surface area contributed by atoms with E-state index in [1.165, 1.54) is 11.3 Å². The standard InChI is InChI=1S/C13H20N4O2S/c1-4-6-5-7(6)17-13-8(11(18)15-2)9(14)10(20-13)12(19)16-3/h6-7,17H,4-5,14H2,1-3H3,(H,15,18)(H,16,19). The van der Waals surface area contributed by atoms with Gasteiger partial charge in [-0.15, -0.1) is 11.3 Å². The number of anilines is 2. The van der Waals surface area contributed by atoms with E-state index in [1.807, 2.05) is 0 Å². The van der Waals surface area contributed by atoms with E-state index in [2.05, 4.69) is 22.9 Å². The van der Waals surface area contributed by atoms with Crippen molar-refractivity contribution in [3.63, 3.8) is 0 Å². The molecule has 0 radical (unpaired) electrons. The van der Waals surface area contributed by atoms with Crippen LogP contribution in [-0.2, 0) is 0 Å². The molecule has 1 aliphatic rings. The number of carbonyl (C=O) groups excluding carboxylic acids is 2. The Morgan fingerprint density at radius 3 is 2.45 bits per heavy atom. The van der Waals surface area contributed by atoms with Gasteiger partial charge in [0, 0.05) is 20.1 Å². The zero-order valence-corrected chi connectivity index (χ0v) is 12.7. The first-order valence-electron chi connectivity index (χ1n) is 6.66. The molecule has 1 aromatic heterocycles. The minimum absolute atomic E-state index is 0.241. The fourth-order valence-corrected chi connectivity index (χ4v) is 3.35. The summed E-state index contributed by atoms with van der Waals surface area (Å²) in [6, 6.07) is 0.374. The van der Waals surface area contributed by atoms with Crippen LogP contribution < -0.4 is 21.7 Å². The maximum atomic E-state index is 12.0. The van der Waals surface area contributed by atoms with Crippen LogP contribution in [0.4, 0.5) is 10.7 Å². The van der Waals surface area contributed by atoms with Crippen LogP contribution >= 0.6 is 11.3 Å². The molecule has 0 aliphatic heterocycles. The molecule has 1 aromatic rings. The Morgan fingerprint density at radius 2 is 1.95 bits per heavy atom. The number of nitrogens with one attached hydrogen (secondary N) is 3. The number of amides is 2. The van der Waals surface area contributed by atoms with E-state index < -0.39 is 0 Å². The fourth-order valence-electron chi connectivity index (χ4n) is 2.22. The van der Waals surface area contributed by atoms with Gasteiger partial charge < -0.3 is 21.7 Å². The van der Waals surface area contributed by atoms with Gasteiger partial charge in [0.05, 0.1) is 11.3 Å². The Balaban J connectivity index is 2.33. The summed E-state index contributed by atoms with van der Waals surface area (Å²) >= 11 is 1.23. The molecule has 1 saturated carbocycles. The Kier molecular flexibility index (Phi) is 4.17. The van der Waals surface area contributed by atoms with Crippen molar-refractivity contribution >= 4 is 33.8 Å². The molecule has 0 spiro atoms. The van der Waals surface area contributed by atoms with Gasteiger partial charge in [0.25, 0.3) is 11.8 Å². The van der Waals surface area contributed by atoms with E-state index >= 15 is 0 Å². The van der Waals surface area contributed by atoms with Gasteiger partial charge in [-0.1, -0.05) is 13.3 Å². The Bertz CT molecular complexity index is 541. The molecule has 0 aromatic carbocycles. The molecule has 1 fully saturated rings. The van der Waals surface area contributed by atoms with Crippen molar-refractivity contribution in [2.45, 2.75) is 25.8 Å². The molecule has 5 N–H and O–H groups in total. The van der Waals surface area contributed by atoms with Crippen LogP contribution in [-0.4, -0.2) is 32.0 Å². The summed E-state index contributed by atoms with van der Waals surface area (Å²) < 4.78 is 0. The molecule has 2 atom stereocenters. The van der Waals surface area contributed by atoms with E-state index in [4.69, 9.17) is 5.73 Å². The Labute approximate surface area is 122 Å². The summed E-state index contributed by atoms with van der Waals surface area (Å²) in [5.74, 6) is 0.0953. The number of rotatable bonds is 5. The number of nitrogens with two attached hydrogens (primary N) is 1. The lowest BCUT2D eigenvalue weighted by Gasteiger charge is -2.06. The first kappa shape index (κ1) is 14.6. The molecule has 20 heavy (non-hydrogen) atoms. The lowest BCUT2D eigenvalue weighted by atomic mass is 10.2. The van der Waals surface area contributed by atoms with Crippen LogP contribution in [0.5, 0.6) is 0 Å². The molecule has 1 aliphatic carbocycles. The molecule has 2 amide bonds. The first-order chi connectivity index (χ1) is 9.53. The average molecular weight is 296 g/mol. The van der Waals surface area contributed by atoms with Crippen LogP contribution in [0.1, 0.15) is 39.8 Å². The Hall–Kier alpha value is -1.76. The third kappa shape index (κ3) is 2.58. The van der Waals surface area contributed by atoms with Crippen LogP contribution in [0.25, 0.3) is 0 Å². The molecule has 0 saturated heterocycles. The van der Waals surface area contributed by atoms with Gasteiger partial charge in [-0.25, -0.2) is 0 Å². The van der Waals surface area contributed by atoms with Crippen LogP contribution in [0.15, 0.2) is 0 Å². The van der Waals surface area contributed by atoms with Gasteiger partial charge in [0.2, 0.25) is 0 Å². The lowest BCUT2D eigenvalue weighted by molar-refractivity contribution is 0.0963. The Morgan fingerprint density at radius 1 is 1.30 bits per heavy atom. The SMILES string of the molecule is CCC1CC1Nc1sc(C(=O)NC)c(N)c1C(=O)NC. The average Bonchev–Trinajstić information content (AvgIpc) is 3.13. The van der Waals surface area contributed by atoms with Crippen LogP contribution in [0.3, 0.4) is 0 Å². The number of hydrogen-bond donors (Lipinski definition) is 4.